The first kappa shape index (κ1) is 5.64. The normalized spacial score (nSPS) is 85.2. The molecule has 0 radical (unpaired) electrons. The number of aliphatic hydroxyl groups is 1. The fourth-order valence-electron chi connectivity index (χ4n) is 6.55. The van der Waals surface area contributed by atoms with E-state index in [-0.39, 0.29) is 5.60 Å². The molecule has 1 nitrogen and oxygen atoms in total. The van der Waals surface area contributed by atoms with Crippen LogP contribution in [0.5, 0.6) is 0 Å². The van der Waals surface area contributed by atoms with Crippen molar-refractivity contribution in [2.45, 2.75) is 24.9 Å². The summed E-state index contributed by atoms with van der Waals surface area (Å²) in [4.78, 5) is 0. The first-order valence-corrected chi connectivity index (χ1v) is 5.53. The second kappa shape index (κ2) is 1.21. The molecule has 1 heteroatoms. The average Bonchev–Trinajstić information content (AvgIpc) is 2.55. The number of hydrogen-bond donors (Lipinski definition) is 1. The van der Waals surface area contributed by atoms with Gasteiger partial charge < -0.3 is 5.11 Å². The van der Waals surface area contributed by atoms with E-state index in [1.807, 2.05) is 0 Å². The van der Waals surface area contributed by atoms with E-state index in [0.717, 1.165) is 41.4 Å². The fraction of sp³-hybridized carbons (Fsp3) is 1.00. The second-order valence-corrected chi connectivity index (χ2v) is 6.03. The van der Waals surface area contributed by atoms with E-state index < -0.39 is 0 Å². The molecule has 6 bridgehead atoms. The van der Waals surface area contributed by atoms with Gasteiger partial charge in [0, 0.05) is 0 Å². The van der Waals surface area contributed by atoms with Gasteiger partial charge >= 0.3 is 0 Å². The smallest absolute Gasteiger partial charge is 0.0715 e. The van der Waals surface area contributed by atoms with Crippen LogP contribution in [-0.4, -0.2) is 10.7 Å². The van der Waals surface area contributed by atoms with Crippen molar-refractivity contribution in [3.63, 3.8) is 0 Å². The molecule has 0 aromatic rings. The molecule has 6 aliphatic carbocycles. The fourth-order valence-corrected chi connectivity index (χ4v) is 6.55. The largest absolute Gasteiger partial charge is 0.389 e. The predicted octanol–water partition coefficient (Wildman–Crippen LogP) is 1.27. The van der Waals surface area contributed by atoms with Gasteiger partial charge in [-0.15, -0.1) is 0 Å². The van der Waals surface area contributed by atoms with Crippen molar-refractivity contribution in [3.8, 4) is 0 Å². The molecule has 0 aromatic carbocycles. The van der Waals surface area contributed by atoms with Gasteiger partial charge in [0.05, 0.1) is 5.60 Å². The van der Waals surface area contributed by atoms with Gasteiger partial charge in [-0.25, -0.2) is 0 Å². The Kier molecular flexibility index (Phi) is 0.569. The molecule has 0 saturated heterocycles. The molecule has 0 aliphatic heterocycles. The van der Waals surface area contributed by atoms with Crippen LogP contribution in [0, 0.1) is 41.4 Å². The van der Waals surface area contributed by atoms with E-state index in [9.17, 15) is 5.11 Å². The molecule has 0 aromatic heterocycles. The molecule has 6 fully saturated rings. The summed E-state index contributed by atoms with van der Waals surface area (Å²) in [6.45, 7) is 0. The molecule has 8 atom stereocenters. The Morgan fingerprint density at radius 2 is 1.83 bits per heavy atom. The lowest BCUT2D eigenvalue weighted by atomic mass is 9.69. The Morgan fingerprint density at radius 3 is 2.67 bits per heavy atom. The van der Waals surface area contributed by atoms with Crippen LogP contribution >= 0.6 is 0 Å². The first-order chi connectivity index (χ1) is 5.81. The van der Waals surface area contributed by atoms with E-state index in [1.54, 1.807) is 0 Å². The predicted molar refractivity (Wildman–Crippen MR) is 43.2 cm³/mol. The van der Waals surface area contributed by atoms with Gasteiger partial charge in [0.2, 0.25) is 0 Å². The van der Waals surface area contributed by atoms with Crippen LogP contribution in [0.25, 0.3) is 0 Å². The summed E-state index contributed by atoms with van der Waals surface area (Å²) >= 11 is 0. The van der Waals surface area contributed by atoms with Crippen molar-refractivity contribution in [3.05, 3.63) is 0 Å². The van der Waals surface area contributed by atoms with Crippen LogP contribution in [0.4, 0.5) is 0 Å². The third-order valence-corrected chi connectivity index (χ3v) is 6.33. The molecule has 12 heavy (non-hydrogen) atoms. The summed E-state index contributed by atoms with van der Waals surface area (Å²) in [7, 11) is 0. The molecular weight excluding hydrogens is 148 g/mol. The third-order valence-electron chi connectivity index (χ3n) is 6.33. The minimum absolute atomic E-state index is 0.127. The highest BCUT2D eigenvalue weighted by molar-refractivity contribution is 5.31. The number of rotatable bonds is 0. The van der Waals surface area contributed by atoms with E-state index in [2.05, 4.69) is 0 Å². The molecular formula is C11H14O. The second-order valence-electron chi connectivity index (χ2n) is 6.03. The number of hydrogen-bond acceptors (Lipinski definition) is 1. The summed E-state index contributed by atoms with van der Waals surface area (Å²) in [6, 6.07) is 0. The highest BCUT2D eigenvalue weighted by Crippen LogP contribution is 2.83. The Labute approximate surface area is 72.2 Å². The van der Waals surface area contributed by atoms with Crippen LogP contribution in [0.2, 0.25) is 0 Å². The zero-order valence-corrected chi connectivity index (χ0v) is 7.11. The van der Waals surface area contributed by atoms with E-state index in [1.165, 1.54) is 19.3 Å². The van der Waals surface area contributed by atoms with E-state index in [0.29, 0.717) is 0 Å². The zero-order chi connectivity index (χ0) is 7.66. The van der Waals surface area contributed by atoms with Crippen molar-refractivity contribution in [2.24, 2.45) is 41.4 Å². The summed E-state index contributed by atoms with van der Waals surface area (Å²) < 4.78 is 0. The summed E-state index contributed by atoms with van der Waals surface area (Å²) in [6.07, 6.45) is 4.11. The van der Waals surface area contributed by atoms with Crippen molar-refractivity contribution >= 4 is 0 Å². The van der Waals surface area contributed by atoms with Gasteiger partial charge in [0.15, 0.2) is 0 Å². The molecule has 6 rings (SSSR count). The van der Waals surface area contributed by atoms with Crippen molar-refractivity contribution in [2.75, 3.05) is 0 Å². The van der Waals surface area contributed by atoms with Crippen molar-refractivity contribution < 1.29 is 5.11 Å². The van der Waals surface area contributed by atoms with Crippen molar-refractivity contribution in [1.29, 1.82) is 0 Å². The lowest BCUT2D eigenvalue weighted by Gasteiger charge is -2.39. The lowest BCUT2D eigenvalue weighted by molar-refractivity contribution is -0.0539. The minimum atomic E-state index is -0.127. The van der Waals surface area contributed by atoms with Crippen LogP contribution in [-0.2, 0) is 0 Å². The maximum atomic E-state index is 10.5. The van der Waals surface area contributed by atoms with E-state index >= 15 is 0 Å². The van der Waals surface area contributed by atoms with Crippen molar-refractivity contribution in [1.82, 2.24) is 0 Å². The zero-order valence-electron chi connectivity index (χ0n) is 7.11. The average molecular weight is 162 g/mol. The van der Waals surface area contributed by atoms with Gasteiger partial charge in [-0.3, -0.25) is 0 Å². The molecule has 1 N–H and O–H groups in total. The maximum absolute atomic E-state index is 10.5. The Bertz CT molecular complexity index is 297. The van der Waals surface area contributed by atoms with Crippen LogP contribution in [0.1, 0.15) is 19.3 Å². The quantitative estimate of drug-likeness (QED) is 0.568. The summed E-state index contributed by atoms with van der Waals surface area (Å²) in [5.41, 5.74) is -0.127. The third kappa shape index (κ3) is 0.285. The highest BCUT2D eigenvalue weighted by Gasteiger charge is 2.82. The van der Waals surface area contributed by atoms with E-state index in [4.69, 9.17) is 0 Å². The van der Waals surface area contributed by atoms with Gasteiger partial charge in [-0.1, -0.05) is 0 Å². The lowest BCUT2D eigenvalue weighted by Crippen LogP contribution is -2.43. The first-order valence-electron chi connectivity index (χ1n) is 5.53. The Morgan fingerprint density at radius 1 is 1.00 bits per heavy atom. The Balaban J connectivity index is 1.93. The molecule has 0 spiro atoms. The summed E-state index contributed by atoms with van der Waals surface area (Å²) in [5.74, 6) is 6.56. The van der Waals surface area contributed by atoms with Gasteiger partial charge in [-0.05, 0) is 60.7 Å². The van der Waals surface area contributed by atoms with Crippen LogP contribution < -0.4 is 0 Å². The topological polar surface area (TPSA) is 20.2 Å². The minimum Gasteiger partial charge on any atom is -0.389 e. The molecule has 0 unspecified atom stereocenters. The molecule has 0 amide bonds. The highest BCUT2D eigenvalue weighted by atomic mass is 16.3. The molecule has 64 valence electrons. The SMILES string of the molecule is O[C@@]12C[C@H]3[C@H]4C[C@H]5[C@@H](C[C@H]1[C@@H]53)[C@@H]42. The monoisotopic (exact) mass is 162 g/mol. The van der Waals surface area contributed by atoms with Crippen LogP contribution in [0.15, 0.2) is 0 Å². The van der Waals surface area contributed by atoms with Crippen LogP contribution in [0.3, 0.4) is 0 Å². The molecule has 6 saturated carbocycles. The Hall–Kier alpha value is -0.0400. The standard InChI is InChI=1S/C11H14O/c12-11-3-7-5-1-4-6(10(5)11)2-8(11)9(4)7/h4-10,12H,1-3H2/t4-,5+,6+,7-,8-,9-,10+,11-/m0/s1. The maximum Gasteiger partial charge on any atom is 0.0715 e. The van der Waals surface area contributed by atoms with Gasteiger partial charge in [-0.2, -0.15) is 0 Å². The molecule has 0 heterocycles. The molecule has 6 aliphatic rings. The van der Waals surface area contributed by atoms with Gasteiger partial charge in [0.1, 0.15) is 0 Å². The van der Waals surface area contributed by atoms with Gasteiger partial charge in [0.25, 0.3) is 0 Å². The summed E-state index contributed by atoms with van der Waals surface area (Å²) in [5, 5.41) is 10.5.